The topological polar surface area (TPSA) is 48.3 Å². The molecule has 112 valence electrons. The first-order valence-corrected chi connectivity index (χ1v) is 8.78. The average Bonchev–Trinajstić information content (AvgIpc) is 2.75. The lowest BCUT2D eigenvalue weighted by Crippen LogP contribution is -2.06. The molecule has 0 spiro atoms. The zero-order chi connectivity index (χ0) is 15.6. The molecule has 0 unspecified atom stereocenters. The molecule has 0 fully saturated rings. The summed E-state index contributed by atoms with van der Waals surface area (Å²) in [5.41, 5.74) is 0.732. The highest BCUT2D eigenvalue weighted by Gasteiger charge is 2.22. The largest absolute Gasteiger partial charge is 0.490 e. The summed E-state index contributed by atoms with van der Waals surface area (Å²) in [6.07, 6.45) is 1.44. The number of halogens is 1. The van der Waals surface area contributed by atoms with Crippen LogP contribution in [-0.4, -0.2) is 19.1 Å². The smallest absolute Gasteiger partial charge is 0.263 e. The molecule has 0 amide bonds. The van der Waals surface area contributed by atoms with Crippen molar-refractivity contribution in [2.75, 3.05) is 0 Å². The normalized spacial score (nSPS) is 11.5. The quantitative estimate of drug-likeness (QED) is 0.639. The van der Waals surface area contributed by atoms with Gasteiger partial charge >= 0.3 is 0 Å². The monoisotopic (exact) mass is 325 g/mol. The van der Waals surface area contributed by atoms with Gasteiger partial charge in [-0.1, -0.05) is 12.0 Å². The van der Waals surface area contributed by atoms with Crippen LogP contribution in [0.25, 0.3) is 10.9 Å². The summed E-state index contributed by atoms with van der Waals surface area (Å²) in [6, 6.07) is 5.38. The molecule has 0 saturated carbocycles. The van der Waals surface area contributed by atoms with E-state index in [4.69, 9.17) is 15.4 Å². The lowest BCUT2D eigenvalue weighted by atomic mass is 10.2. The Labute approximate surface area is 129 Å². The van der Waals surface area contributed by atoms with E-state index in [1.165, 1.54) is 6.20 Å². The van der Waals surface area contributed by atoms with Crippen molar-refractivity contribution in [3.8, 4) is 17.6 Å². The average molecular weight is 326 g/mol. The summed E-state index contributed by atoms with van der Waals surface area (Å²) >= 11 is 0. The first-order valence-electron chi connectivity index (χ1n) is 6.47. The van der Waals surface area contributed by atoms with Gasteiger partial charge in [0.05, 0.1) is 23.6 Å². The van der Waals surface area contributed by atoms with Gasteiger partial charge in [0.15, 0.2) is 0 Å². The van der Waals surface area contributed by atoms with Crippen molar-refractivity contribution in [3.05, 3.63) is 24.4 Å². The molecule has 1 heterocycles. The number of aromatic nitrogens is 1. The van der Waals surface area contributed by atoms with E-state index in [9.17, 15) is 8.42 Å². The second-order valence-corrected chi connectivity index (χ2v) is 7.34. The van der Waals surface area contributed by atoms with Crippen molar-refractivity contribution < 1.29 is 13.2 Å². The number of hydrogen-bond donors (Lipinski definition) is 0. The molecule has 0 radical (unpaired) electrons. The van der Waals surface area contributed by atoms with Crippen LogP contribution in [0, 0.1) is 11.8 Å². The third-order valence-electron chi connectivity index (χ3n) is 2.88. The summed E-state index contributed by atoms with van der Waals surface area (Å²) in [5.74, 6) is 6.21. The van der Waals surface area contributed by atoms with E-state index in [0.717, 1.165) is 5.52 Å². The number of benzene rings is 1. The minimum atomic E-state index is -3.87. The molecule has 4 nitrogen and oxygen atoms in total. The molecule has 0 atom stereocenters. The molecule has 0 bridgehead atoms. The van der Waals surface area contributed by atoms with Gasteiger partial charge in [0.2, 0.25) is 0 Å². The Bertz CT molecular complexity index is 826. The first-order chi connectivity index (χ1) is 9.84. The molecule has 0 saturated heterocycles. The van der Waals surface area contributed by atoms with Gasteiger partial charge in [0.1, 0.15) is 10.6 Å². The second kappa shape index (κ2) is 6.00. The highest BCUT2D eigenvalue weighted by Crippen LogP contribution is 2.35. The Hall–Kier alpha value is -1.64. The van der Waals surface area contributed by atoms with E-state index in [1.54, 1.807) is 17.6 Å². The highest BCUT2D eigenvalue weighted by molar-refractivity contribution is 8.14. The van der Waals surface area contributed by atoms with E-state index in [-0.39, 0.29) is 11.0 Å². The molecule has 1 aromatic carbocycles. The van der Waals surface area contributed by atoms with Crippen LogP contribution in [-0.2, 0) is 15.6 Å². The zero-order valence-electron chi connectivity index (χ0n) is 12.1. The number of rotatable bonds is 4. The molecule has 1 aromatic heterocycles. The SMILES string of the molecule is CC#CCn1cc(S(=O)(=O)Cl)c2c(OC(C)C)cccc21. The van der Waals surface area contributed by atoms with E-state index < -0.39 is 9.05 Å². The zero-order valence-corrected chi connectivity index (χ0v) is 13.6. The third kappa shape index (κ3) is 3.34. The lowest BCUT2D eigenvalue weighted by Gasteiger charge is -2.11. The van der Waals surface area contributed by atoms with Gasteiger partial charge in [-0.25, -0.2) is 8.42 Å². The summed E-state index contributed by atoms with van der Waals surface area (Å²) in [5, 5.41) is 0.499. The summed E-state index contributed by atoms with van der Waals surface area (Å²) in [6.45, 7) is 5.89. The van der Waals surface area contributed by atoms with Gasteiger partial charge < -0.3 is 9.30 Å². The van der Waals surface area contributed by atoms with Crippen LogP contribution in [0.2, 0.25) is 0 Å². The van der Waals surface area contributed by atoms with E-state index in [1.807, 2.05) is 26.0 Å². The van der Waals surface area contributed by atoms with Crippen molar-refractivity contribution in [2.24, 2.45) is 0 Å². The van der Waals surface area contributed by atoms with Crippen molar-refractivity contribution in [2.45, 2.75) is 38.3 Å². The summed E-state index contributed by atoms with van der Waals surface area (Å²) in [4.78, 5) is 0.0494. The van der Waals surface area contributed by atoms with Gasteiger partial charge in [-0.05, 0) is 32.9 Å². The molecular formula is C15H16ClNO3S. The third-order valence-corrected chi connectivity index (χ3v) is 4.22. The van der Waals surface area contributed by atoms with Gasteiger partial charge in [0.25, 0.3) is 9.05 Å². The molecule has 21 heavy (non-hydrogen) atoms. The van der Waals surface area contributed by atoms with E-state index in [0.29, 0.717) is 17.7 Å². The molecule has 0 aliphatic rings. The number of ether oxygens (including phenoxy) is 1. The van der Waals surface area contributed by atoms with Crippen molar-refractivity contribution in [1.29, 1.82) is 0 Å². The van der Waals surface area contributed by atoms with Crippen LogP contribution < -0.4 is 4.74 Å². The molecule has 0 aliphatic heterocycles. The van der Waals surface area contributed by atoms with Gasteiger partial charge in [-0.15, -0.1) is 5.92 Å². The fourth-order valence-electron chi connectivity index (χ4n) is 2.11. The number of hydrogen-bond acceptors (Lipinski definition) is 3. The Morgan fingerprint density at radius 1 is 1.38 bits per heavy atom. The Balaban J connectivity index is 2.77. The highest BCUT2D eigenvalue weighted by atomic mass is 35.7. The maximum atomic E-state index is 11.8. The molecule has 0 N–H and O–H groups in total. The van der Waals surface area contributed by atoms with Crippen LogP contribution in [0.5, 0.6) is 5.75 Å². The summed E-state index contributed by atoms with van der Waals surface area (Å²) < 4.78 is 31.1. The van der Waals surface area contributed by atoms with Gasteiger partial charge in [0, 0.05) is 16.9 Å². The maximum absolute atomic E-state index is 11.8. The molecule has 6 heteroatoms. The van der Waals surface area contributed by atoms with E-state index in [2.05, 4.69) is 11.8 Å². The Kier molecular flexibility index (Phi) is 4.50. The van der Waals surface area contributed by atoms with Crippen molar-refractivity contribution >= 4 is 30.6 Å². The fraction of sp³-hybridized carbons (Fsp3) is 0.333. The fourth-order valence-corrected chi connectivity index (χ4v) is 3.17. The lowest BCUT2D eigenvalue weighted by molar-refractivity contribution is 0.245. The minimum Gasteiger partial charge on any atom is -0.490 e. The van der Waals surface area contributed by atoms with Crippen LogP contribution >= 0.6 is 10.7 Å². The molecular weight excluding hydrogens is 310 g/mol. The Morgan fingerprint density at radius 2 is 2.10 bits per heavy atom. The predicted octanol–water partition coefficient (Wildman–Crippen LogP) is 3.38. The maximum Gasteiger partial charge on any atom is 0.263 e. The number of fused-ring (bicyclic) bond motifs is 1. The van der Waals surface area contributed by atoms with Gasteiger partial charge in [-0.3, -0.25) is 0 Å². The molecule has 0 aliphatic carbocycles. The number of nitrogens with zero attached hydrogens (tertiary/aromatic N) is 1. The van der Waals surface area contributed by atoms with Crippen molar-refractivity contribution in [1.82, 2.24) is 4.57 Å². The molecule has 2 aromatic rings. The predicted molar refractivity (Wildman–Crippen MR) is 84.2 cm³/mol. The Morgan fingerprint density at radius 3 is 2.67 bits per heavy atom. The minimum absolute atomic E-state index is 0.0494. The van der Waals surface area contributed by atoms with Crippen LogP contribution in [0.3, 0.4) is 0 Å². The van der Waals surface area contributed by atoms with Crippen molar-refractivity contribution in [3.63, 3.8) is 0 Å². The van der Waals surface area contributed by atoms with Crippen LogP contribution in [0.4, 0.5) is 0 Å². The second-order valence-electron chi connectivity index (χ2n) is 4.80. The standard InChI is InChI=1S/C15H16ClNO3S/c1-4-5-9-17-10-14(21(16,18)19)15-12(17)7-6-8-13(15)20-11(2)3/h6-8,10-11H,9H2,1-3H3. The summed E-state index contributed by atoms with van der Waals surface area (Å²) in [7, 11) is 1.69. The van der Waals surface area contributed by atoms with Gasteiger partial charge in [-0.2, -0.15) is 0 Å². The van der Waals surface area contributed by atoms with E-state index >= 15 is 0 Å². The van der Waals surface area contributed by atoms with Crippen LogP contribution in [0.1, 0.15) is 20.8 Å². The van der Waals surface area contributed by atoms with Crippen LogP contribution in [0.15, 0.2) is 29.3 Å². The first kappa shape index (κ1) is 15.7. The molecule has 2 rings (SSSR count).